The van der Waals surface area contributed by atoms with Gasteiger partial charge >= 0.3 is 5.97 Å². The summed E-state index contributed by atoms with van der Waals surface area (Å²) in [5.74, 6) is 0.695. The minimum Gasteiger partial charge on any atom is -0.494 e. The van der Waals surface area contributed by atoms with Gasteiger partial charge in [0.15, 0.2) is 4.80 Å². The van der Waals surface area contributed by atoms with Gasteiger partial charge in [-0.2, -0.15) is 0 Å². The van der Waals surface area contributed by atoms with E-state index < -0.39 is 12.0 Å². The van der Waals surface area contributed by atoms with Crippen LogP contribution in [0.5, 0.6) is 11.5 Å². The Kier molecular flexibility index (Phi) is 10.4. The second kappa shape index (κ2) is 14.0. The maximum atomic E-state index is 14.1. The predicted molar refractivity (Wildman–Crippen MR) is 181 cm³/mol. The Morgan fingerprint density at radius 3 is 2.48 bits per heavy atom. The molecular formula is C32H26Br2Cl2N2O5S. The molecule has 1 aliphatic rings. The third-order valence-corrected chi connectivity index (χ3v) is 9.35. The highest BCUT2D eigenvalue weighted by Crippen LogP contribution is 2.35. The molecule has 1 aliphatic heterocycles. The van der Waals surface area contributed by atoms with Gasteiger partial charge in [0.1, 0.15) is 18.1 Å². The van der Waals surface area contributed by atoms with Gasteiger partial charge in [0, 0.05) is 25.6 Å². The number of esters is 1. The maximum absolute atomic E-state index is 14.1. The number of nitrogens with zero attached hydrogens (tertiary/aromatic N) is 2. The molecule has 3 aromatic carbocycles. The molecule has 0 spiro atoms. The molecule has 5 rings (SSSR count). The van der Waals surface area contributed by atoms with E-state index in [0.29, 0.717) is 58.8 Å². The van der Waals surface area contributed by atoms with Crippen molar-refractivity contribution in [2.45, 2.75) is 33.4 Å². The Morgan fingerprint density at radius 2 is 1.80 bits per heavy atom. The lowest BCUT2D eigenvalue weighted by Gasteiger charge is -2.24. The average Bonchev–Trinajstić information content (AvgIpc) is 3.27. The molecule has 0 bridgehead atoms. The van der Waals surface area contributed by atoms with Gasteiger partial charge in [-0.15, -0.1) is 0 Å². The van der Waals surface area contributed by atoms with Gasteiger partial charge in [0.25, 0.3) is 5.56 Å². The number of benzene rings is 3. The number of thiazole rings is 1. The van der Waals surface area contributed by atoms with Crippen LogP contribution in [0.25, 0.3) is 6.08 Å². The Hall–Kier alpha value is -2.89. The number of halogens is 4. The average molecular weight is 781 g/mol. The van der Waals surface area contributed by atoms with Gasteiger partial charge in [0.2, 0.25) is 0 Å². The number of aromatic nitrogens is 1. The first-order valence-electron chi connectivity index (χ1n) is 13.6. The predicted octanol–water partition coefficient (Wildman–Crippen LogP) is 7.61. The van der Waals surface area contributed by atoms with Crippen molar-refractivity contribution in [2.75, 3.05) is 13.2 Å². The topological polar surface area (TPSA) is 79.1 Å². The number of fused-ring (bicyclic) bond motifs is 1. The van der Waals surface area contributed by atoms with E-state index in [1.807, 2.05) is 43.3 Å². The van der Waals surface area contributed by atoms with E-state index in [4.69, 9.17) is 37.4 Å². The van der Waals surface area contributed by atoms with Gasteiger partial charge in [-0.3, -0.25) is 9.36 Å². The third kappa shape index (κ3) is 6.84. The fourth-order valence-electron chi connectivity index (χ4n) is 4.79. The van der Waals surface area contributed by atoms with Crippen molar-refractivity contribution in [1.82, 2.24) is 4.57 Å². The lowest BCUT2D eigenvalue weighted by molar-refractivity contribution is -0.139. The number of hydrogen-bond acceptors (Lipinski definition) is 7. The van der Waals surface area contributed by atoms with E-state index in [9.17, 15) is 9.59 Å². The molecular weight excluding hydrogens is 755 g/mol. The van der Waals surface area contributed by atoms with E-state index >= 15 is 0 Å². The van der Waals surface area contributed by atoms with Crippen LogP contribution in [0.2, 0.25) is 10.0 Å². The van der Waals surface area contributed by atoms with Gasteiger partial charge in [-0.05, 0) is 84.7 Å². The minimum absolute atomic E-state index is 0.179. The molecule has 0 radical (unpaired) electrons. The minimum atomic E-state index is -0.736. The van der Waals surface area contributed by atoms with Crippen LogP contribution >= 0.6 is 66.4 Å². The summed E-state index contributed by atoms with van der Waals surface area (Å²) in [5, 5.41) is 1.02. The Labute approximate surface area is 284 Å². The summed E-state index contributed by atoms with van der Waals surface area (Å²) < 4.78 is 20.7. The van der Waals surface area contributed by atoms with Crippen LogP contribution in [0.3, 0.4) is 0 Å². The zero-order valence-corrected chi connectivity index (χ0v) is 29.3. The first-order chi connectivity index (χ1) is 21.1. The zero-order chi connectivity index (χ0) is 31.5. The van der Waals surface area contributed by atoms with E-state index in [1.165, 1.54) is 11.3 Å². The Morgan fingerprint density at radius 1 is 1.05 bits per heavy atom. The van der Waals surface area contributed by atoms with E-state index in [1.54, 1.807) is 42.7 Å². The van der Waals surface area contributed by atoms with E-state index in [-0.39, 0.29) is 18.8 Å². The Bertz CT molecular complexity index is 1950. The Balaban J connectivity index is 1.63. The van der Waals surface area contributed by atoms with E-state index in [0.717, 1.165) is 15.6 Å². The summed E-state index contributed by atoms with van der Waals surface area (Å²) in [4.78, 5) is 32.5. The number of hydrogen-bond donors (Lipinski definition) is 0. The van der Waals surface area contributed by atoms with E-state index in [2.05, 4.69) is 36.9 Å². The molecule has 4 aromatic rings. The fraction of sp³-hybridized carbons (Fsp3) is 0.219. The largest absolute Gasteiger partial charge is 0.494 e. The van der Waals surface area contributed by atoms with Gasteiger partial charge in [0.05, 0.1) is 39.5 Å². The summed E-state index contributed by atoms with van der Waals surface area (Å²) in [6.45, 7) is 6.29. The van der Waals surface area contributed by atoms with Crippen molar-refractivity contribution < 1.29 is 19.0 Å². The molecule has 0 N–H and O–H groups in total. The summed E-state index contributed by atoms with van der Waals surface area (Å²) >= 11 is 20.8. The SMILES string of the molecule is CCOC(=O)C1=C(C)N=c2s/c(=C\c3cc(Br)cc(Br)c3OCc3ccc(Cl)cc3Cl)c(=O)n2[C@H]1c1ccc(OCC)cc1. The second-order valence-electron chi connectivity index (χ2n) is 9.63. The molecule has 0 aliphatic carbocycles. The van der Waals surface area contributed by atoms with Gasteiger partial charge in [-0.1, -0.05) is 68.7 Å². The molecule has 228 valence electrons. The van der Waals surface area contributed by atoms with Gasteiger partial charge < -0.3 is 14.2 Å². The van der Waals surface area contributed by atoms with Gasteiger partial charge in [-0.25, -0.2) is 9.79 Å². The van der Waals surface area contributed by atoms with Crippen LogP contribution in [-0.4, -0.2) is 23.8 Å². The molecule has 1 aromatic heterocycles. The highest BCUT2D eigenvalue weighted by Gasteiger charge is 2.33. The molecule has 0 unspecified atom stereocenters. The van der Waals surface area contributed by atoms with Crippen molar-refractivity contribution in [3.8, 4) is 11.5 Å². The summed E-state index contributed by atoms with van der Waals surface area (Å²) in [6, 6.07) is 15.5. The number of ether oxygens (including phenoxy) is 3. The molecule has 7 nitrogen and oxygen atoms in total. The lowest BCUT2D eigenvalue weighted by atomic mass is 9.96. The molecule has 2 heterocycles. The van der Waals surface area contributed by atoms with Crippen molar-refractivity contribution in [3.05, 3.63) is 121 Å². The summed E-state index contributed by atoms with van der Waals surface area (Å²) in [6.07, 6.45) is 1.76. The summed E-state index contributed by atoms with van der Waals surface area (Å²) in [7, 11) is 0. The van der Waals surface area contributed by atoms with Crippen molar-refractivity contribution in [1.29, 1.82) is 0 Å². The van der Waals surface area contributed by atoms with Crippen molar-refractivity contribution in [3.63, 3.8) is 0 Å². The monoisotopic (exact) mass is 778 g/mol. The third-order valence-electron chi connectivity index (χ3n) is 6.73. The first-order valence-corrected chi connectivity index (χ1v) is 16.7. The quantitative estimate of drug-likeness (QED) is 0.164. The van der Waals surface area contributed by atoms with Crippen molar-refractivity contribution in [2.24, 2.45) is 4.99 Å². The fourth-order valence-corrected chi connectivity index (χ4v) is 7.66. The number of allylic oxidation sites excluding steroid dienone is 1. The molecule has 44 heavy (non-hydrogen) atoms. The number of carbonyl (C=O) groups excluding carboxylic acids is 1. The number of carbonyl (C=O) groups is 1. The van der Waals surface area contributed by atoms with Crippen LogP contribution in [-0.2, 0) is 16.1 Å². The molecule has 0 saturated heterocycles. The highest BCUT2D eigenvalue weighted by molar-refractivity contribution is 9.11. The zero-order valence-electron chi connectivity index (χ0n) is 23.8. The van der Waals surface area contributed by atoms with Crippen LogP contribution in [0.4, 0.5) is 0 Å². The van der Waals surface area contributed by atoms with Crippen LogP contribution in [0.15, 0.2) is 84.6 Å². The number of rotatable bonds is 9. The summed E-state index contributed by atoms with van der Waals surface area (Å²) in [5.41, 5.74) is 2.64. The maximum Gasteiger partial charge on any atom is 0.338 e. The molecule has 0 saturated carbocycles. The molecule has 0 fully saturated rings. The molecule has 12 heteroatoms. The molecule has 1 atom stereocenters. The van der Waals surface area contributed by atoms with Crippen molar-refractivity contribution >= 4 is 78.4 Å². The van der Waals surface area contributed by atoms with Crippen LogP contribution in [0.1, 0.15) is 43.5 Å². The standard InChI is InChI=1S/C32H26Br2Cl2N2O5S/c1-4-41-23-10-7-18(8-11-23)28-27(31(40)42-5-2)17(3)37-32-38(28)30(39)26(44-32)13-20-12-21(33)14-24(34)29(20)43-16-19-6-9-22(35)15-25(19)36/h6-15,28H,4-5,16H2,1-3H3/b26-13-/t28-/m0/s1. The smallest absolute Gasteiger partial charge is 0.338 e. The van der Waals surface area contributed by atoms with Crippen LogP contribution < -0.4 is 24.4 Å². The molecule has 0 amide bonds. The highest BCUT2D eigenvalue weighted by atomic mass is 79.9. The normalized spacial score (nSPS) is 14.7. The second-order valence-corrected chi connectivity index (χ2v) is 13.3. The van der Waals surface area contributed by atoms with Crippen LogP contribution in [0, 0.1) is 0 Å². The lowest BCUT2D eigenvalue weighted by Crippen LogP contribution is -2.39. The first kappa shape index (κ1) is 32.5.